The molecule has 0 aliphatic carbocycles. The SMILES string of the molecule is CCCCN(CCO)S(=O)(=O)c1ccc(C)cc1. The van der Waals surface area contributed by atoms with E-state index in [1.165, 1.54) is 4.31 Å². The highest BCUT2D eigenvalue weighted by molar-refractivity contribution is 7.89. The third-order valence-corrected chi connectivity index (χ3v) is 4.68. The molecule has 0 unspecified atom stereocenters. The second-order valence-corrected chi connectivity index (χ2v) is 6.23. The largest absolute Gasteiger partial charge is 0.395 e. The molecule has 4 nitrogen and oxygen atoms in total. The van der Waals surface area contributed by atoms with Crippen molar-refractivity contribution in [2.75, 3.05) is 19.7 Å². The lowest BCUT2D eigenvalue weighted by atomic mass is 10.2. The molecular weight excluding hydrogens is 250 g/mol. The summed E-state index contributed by atoms with van der Waals surface area (Å²) < 4.78 is 26.1. The molecule has 1 aromatic carbocycles. The van der Waals surface area contributed by atoms with Crippen molar-refractivity contribution in [2.24, 2.45) is 0 Å². The second-order valence-electron chi connectivity index (χ2n) is 4.29. The molecule has 1 rings (SSSR count). The van der Waals surface area contributed by atoms with Gasteiger partial charge in [-0.05, 0) is 25.5 Å². The van der Waals surface area contributed by atoms with Gasteiger partial charge in [-0.25, -0.2) is 8.42 Å². The van der Waals surface area contributed by atoms with Crippen molar-refractivity contribution in [3.05, 3.63) is 29.8 Å². The fourth-order valence-corrected chi connectivity index (χ4v) is 3.13. The van der Waals surface area contributed by atoms with Gasteiger partial charge < -0.3 is 5.11 Å². The summed E-state index contributed by atoms with van der Waals surface area (Å²) >= 11 is 0. The van der Waals surface area contributed by atoms with Crippen LogP contribution in [0.15, 0.2) is 29.2 Å². The summed E-state index contributed by atoms with van der Waals surface area (Å²) in [5, 5.41) is 8.98. The number of rotatable bonds is 7. The number of benzene rings is 1. The average molecular weight is 271 g/mol. The molecule has 102 valence electrons. The molecule has 0 spiro atoms. The first kappa shape index (κ1) is 15.1. The van der Waals surface area contributed by atoms with E-state index < -0.39 is 10.0 Å². The monoisotopic (exact) mass is 271 g/mol. The Bertz CT molecular complexity index is 454. The van der Waals surface area contributed by atoms with Gasteiger partial charge in [-0.2, -0.15) is 4.31 Å². The Morgan fingerprint density at radius 3 is 2.28 bits per heavy atom. The van der Waals surface area contributed by atoms with Crippen molar-refractivity contribution in [1.82, 2.24) is 4.31 Å². The van der Waals surface area contributed by atoms with E-state index in [1.54, 1.807) is 24.3 Å². The van der Waals surface area contributed by atoms with Gasteiger partial charge in [-0.3, -0.25) is 0 Å². The minimum atomic E-state index is -3.48. The molecular formula is C13H21NO3S. The zero-order chi connectivity index (χ0) is 13.6. The molecule has 0 aliphatic rings. The van der Waals surface area contributed by atoms with Crippen molar-refractivity contribution in [1.29, 1.82) is 0 Å². The molecule has 0 saturated heterocycles. The van der Waals surface area contributed by atoms with Gasteiger partial charge in [-0.15, -0.1) is 0 Å². The molecule has 0 amide bonds. The summed E-state index contributed by atoms with van der Waals surface area (Å²) in [6.45, 7) is 4.37. The van der Waals surface area contributed by atoms with E-state index in [4.69, 9.17) is 5.11 Å². The van der Waals surface area contributed by atoms with Crippen molar-refractivity contribution < 1.29 is 13.5 Å². The van der Waals surface area contributed by atoms with Crippen molar-refractivity contribution in [3.8, 4) is 0 Å². The molecule has 0 saturated carbocycles. The predicted molar refractivity (Wildman–Crippen MR) is 71.9 cm³/mol. The summed E-state index contributed by atoms with van der Waals surface area (Å²) in [6, 6.07) is 6.79. The van der Waals surface area contributed by atoms with E-state index in [-0.39, 0.29) is 18.0 Å². The van der Waals surface area contributed by atoms with Crippen LogP contribution in [0.25, 0.3) is 0 Å². The first-order valence-corrected chi connectivity index (χ1v) is 7.64. The number of unbranched alkanes of at least 4 members (excludes halogenated alkanes) is 1. The Morgan fingerprint density at radius 2 is 1.78 bits per heavy atom. The number of nitrogens with zero attached hydrogens (tertiary/aromatic N) is 1. The molecule has 0 fully saturated rings. The molecule has 5 heteroatoms. The number of sulfonamides is 1. The number of hydrogen-bond donors (Lipinski definition) is 1. The van der Waals surface area contributed by atoms with Crippen LogP contribution in [0.2, 0.25) is 0 Å². The van der Waals surface area contributed by atoms with E-state index in [1.807, 2.05) is 13.8 Å². The van der Waals surface area contributed by atoms with Crippen LogP contribution in [-0.2, 0) is 10.0 Å². The van der Waals surface area contributed by atoms with Gasteiger partial charge in [0.15, 0.2) is 0 Å². The fraction of sp³-hybridized carbons (Fsp3) is 0.538. The first-order valence-electron chi connectivity index (χ1n) is 6.20. The first-order chi connectivity index (χ1) is 8.52. The zero-order valence-corrected chi connectivity index (χ0v) is 11.8. The van der Waals surface area contributed by atoms with Gasteiger partial charge in [0.05, 0.1) is 11.5 Å². The zero-order valence-electron chi connectivity index (χ0n) is 11.0. The second kappa shape index (κ2) is 6.87. The summed E-state index contributed by atoms with van der Waals surface area (Å²) in [4.78, 5) is 0.289. The van der Waals surface area contributed by atoms with Crippen molar-refractivity contribution in [2.45, 2.75) is 31.6 Å². The van der Waals surface area contributed by atoms with Gasteiger partial charge in [0.2, 0.25) is 10.0 Å². The minimum Gasteiger partial charge on any atom is -0.395 e. The Kier molecular flexibility index (Phi) is 5.78. The molecule has 0 atom stereocenters. The molecule has 1 aromatic rings. The van der Waals surface area contributed by atoms with Crippen LogP contribution in [0.5, 0.6) is 0 Å². The van der Waals surface area contributed by atoms with Crippen LogP contribution in [0, 0.1) is 6.92 Å². The van der Waals surface area contributed by atoms with Crippen LogP contribution in [0.4, 0.5) is 0 Å². The smallest absolute Gasteiger partial charge is 0.243 e. The lowest BCUT2D eigenvalue weighted by Crippen LogP contribution is -2.34. The van der Waals surface area contributed by atoms with Gasteiger partial charge >= 0.3 is 0 Å². The lowest BCUT2D eigenvalue weighted by molar-refractivity contribution is 0.252. The summed E-state index contributed by atoms with van der Waals surface area (Å²) in [6.07, 6.45) is 1.72. The minimum absolute atomic E-state index is 0.149. The van der Waals surface area contributed by atoms with E-state index >= 15 is 0 Å². The van der Waals surface area contributed by atoms with E-state index in [2.05, 4.69) is 0 Å². The summed E-state index contributed by atoms with van der Waals surface area (Å²) in [5.41, 5.74) is 1.02. The maximum atomic E-state index is 12.4. The Morgan fingerprint density at radius 1 is 1.17 bits per heavy atom. The number of aryl methyl sites for hydroxylation is 1. The molecule has 0 aromatic heterocycles. The number of aliphatic hydroxyl groups excluding tert-OH is 1. The highest BCUT2D eigenvalue weighted by Crippen LogP contribution is 2.16. The molecule has 0 heterocycles. The van der Waals surface area contributed by atoms with Gasteiger partial charge in [0.25, 0.3) is 0 Å². The van der Waals surface area contributed by atoms with Crippen LogP contribution in [0.3, 0.4) is 0 Å². The highest BCUT2D eigenvalue weighted by atomic mass is 32.2. The third kappa shape index (κ3) is 3.80. The summed E-state index contributed by atoms with van der Waals surface area (Å²) in [7, 11) is -3.48. The molecule has 18 heavy (non-hydrogen) atoms. The number of hydrogen-bond acceptors (Lipinski definition) is 3. The molecule has 0 aliphatic heterocycles. The predicted octanol–water partition coefficient (Wildman–Crippen LogP) is 1.78. The molecule has 1 N–H and O–H groups in total. The quantitative estimate of drug-likeness (QED) is 0.822. The average Bonchev–Trinajstić information content (AvgIpc) is 2.35. The third-order valence-electron chi connectivity index (χ3n) is 2.77. The Labute approximate surface area is 109 Å². The van der Waals surface area contributed by atoms with Crippen LogP contribution >= 0.6 is 0 Å². The molecule has 0 bridgehead atoms. The topological polar surface area (TPSA) is 57.6 Å². The molecule has 0 radical (unpaired) electrons. The Hall–Kier alpha value is -0.910. The van der Waals surface area contributed by atoms with E-state index in [0.29, 0.717) is 6.54 Å². The van der Waals surface area contributed by atoms with E-state index in [0.717, 1.165) is 18.4 Å². The Balaban J connectivity index is 2.96. The normalized spacial score (nSPS) is 12.0. The summed E-state index contributed by atoms with van der Waals surface area (Å²) in [5.74, 6) is 0. The maximum Gasteiger partial charge on any atom is 0.243 e. The standard InChI is InChI=1S/C13H21NO3S/c1-3-4-9-14(10-11-15)18(16,17)13-7-5-12(2)6-8-13/h5-8,15H,3-4,9-11H2,1-2H3. The van der Waals surface area contributed by atoms with Gasteiger partial charge in [-0.1, -0.05) is 31.0 Å². The highest BCUT2D eigenvalue weighted by Gasteiger charge is 2.23. The van der Waals surface area contributed by atoms with Crippen molar-refractivity contribution >= 4 is 10.0 Å². The van der Waals surface area contributed by atoms with Gasteiger partial charge in [0, 0.05) is 13.1 Å². The van der Waals surface area contributed by atoms with Crippen LogP contribution < -0.4 is 0 Å². The lowest BCUT2D eigenvalue weighted by Gasteiger charge is -2.21. The van der Waals surface area contributed by atoms with Crippen LogP contribution in [0.1, 0.15) is 25.3 Å². The maximum absolute atomic E-state index is 12.4. The van der Waals surface area contributed by atoms with E-state index in [9.17, 15) is 8.42 Å². The number of aliphatic hydroxyl groups is 1. The fourth-order valence-electron chi connectivity index (χ4n) is 1.66. The van der Waals surface area contributed by atoms with Crippen molar-refractivity contribution in [3.63, 3.8) is 0 Å². The van der Waals surface area contributed by atoms with Crippen LogP contribution in [-0.4, -0.2) is 37.5 Å². The van der Waals surface area contributed by atoms with Gasteiger partial charge in [0.1, 0.15) is 0 Å².